The van der Waals surface area contributed by atoms with E-state index in [0.29, 0.717) is 11.6 Å². The molecule has 0 heterocycles. The Bertz CT molecular complexity index is 276. The van der Waals surface area contributed by atoms with E-state index in [1.165, 1.54) is 0 Å². The maximum absolute atomic E-state index is 9.35. The first-order valence-corrected chi connectivity index (χ1v) is 4.86. The standard InChI is InChI=1S/C10H15ClN2O/c1-13(7-10(14)6-12)9-4-2-8(11)3-5-9/h2-5,10,14H,6-7,12H2,1H3. The third-order valence-corrected chi connectivity index (χ3v) is 2.28. The van der Waals surface area contributed by atoms with Gasteiger partial charge in [-0.1, -0.05) is 11.6 Å². The van der Waals surface area contributed by atoms with E-state index in [-0.39, 0.29) is 6.54 Å². The fraction of sp³-hybridized carbons (Fsp3) is 0.400. The molecule has 14 heavy (non-hydrogen) atoms. The lowest BCUT2D eigenvalue weighted by atomic mass is 10.2. The average molecular weight is 215 g/mol. The summed E-state index contributed by atoms with van der Waals surface area (Å²) in [5.74, 6) is 0. The molecule has 1 aromatic rings. The van der Waals surface area contributed by atoms with Crippen molar-refractivity contribution < 1.29 is 5.11 Å². The summed E-state index contributed by atoms with van der Waals surface area (Å²) >= 11 is 5.76. The molecule has 0 spiro atoms. The summed E-state index contributed by atoms with van der Waals surface area (Å²) in [6, 6.07) is 7.46. The van der Waals surface area contributed by atoms with Crippen molar-refractivity contribution in [1.29, 1.82) is 0 Å². The van der Waals surface area contributed by atoms with Crippen LogP contribution in [0.4, 0.5) is 5.69 Å². The number of hydrogen-bond donors (Lipinski definition) is 2. The normalized spacial score (nSPS) is 12.6. The molecule has 4 heteroatoms. The van der Waals surface area contributed by atoms with Crippen molar-refractivity contribution in [3.63, 3.8) is 0 Å². The van der Waals surface area contributed by atoms with Crippen molar-refractivity contribution in [1.82, 2.24) is 0 Å². The molecule has 1 aromatic carbocycles. The van der Waals surface area contributed by atoms with E-state index >= 15 is 0 Å². The second kappa shape index (κ2) is 5.20. The van der Waals surface area contributed by atoms with Crippen LogP contribution in [0.1, 0.15) is 0 Å². The molecule has 78 valence electrons. The Morgan fingerprint density at radius 2 is 2.00 bits per heavy atom. The molecule has 0 aliphatic carbocycles. The van der Waals surface area contributed by atoms with E-state index in [1.807, 2.05) is 36.2 Å². The zero-order chi connectivity index (χ0) is 10.6. The molecule has 0 bridgehead atoms. The molecule has 1 unspecified atom stereocenters. The lowest BCUT2D eigenvalue weighted by Gasteiger charge is -2.21. The highest BCUT2D eigenvalue weighted by atomic mass is 35.5. The van der Waals surface area contributed by atoms with Crippen LogP contribution in [0.5, 0.6) is 0 Å². The molecular formula is C10H15ClN2O. The number of nitrogens with zero attached hydrogens (tertiary/aromatic N) is 1. The number of benzene rings is 1. The van der Waals surface area contributed by atoms with E-state index in [0.717, 1.165) is 5.69 Å². The Morgan fingerprint density at radius 3 is 2.50 bits per heavy atom. The molecule has 0 aliphatic rings. The number of aliphatic hydroxyl groups excluding tert-OH is 1. The quantitative estimate of drug-likeness (QED) is 0.789. The van der Waals surface area contributed by atoms with E-state index in [2.05, 4.69) is 0 Å². The maximum Gasteiger partial charge on any atom is 0.0836 e. The van der Waals surface area contributed by atoms with Gasteiger partial charge in [0.15, 0.2) is 0 Å². The Hall–Kier alpha value is -0.770. The van der Waals surface area contributed by atoms with Gasteiger partial charge >= 0.3 is 0 Å². The minimum atomic E-state index is -0.490. The monoisotopic (exact) mass is 214 g/mol. The van der Waals surface area contributed by atoms with Crippen LogP contribution in [0.15, 0.2) is 24.3 Å². The summed E-state index contributed by atoms with van der Waals surface area (Å²) in [5.41, 5.74) is 6.34. The molecule has 3 nitrogen and oxygen atoms in total. The highest BCUT2D eigenvalue weighted by molar-refractivity contribution is 6.30. The van der Waals surface area contributed by atoms with Crippen molar-refractivity contribution in [2.75, 3.05) is 25.0 Å². The fourth-order valence-corrected chi connectivity index (χ4v) is 1.32. The summed E-state index contributed by atoms with van der Waals surface area (Å²) in [4.78, 5) is 1.94. The first-order chi connectivity index (χ1) is 6.63. The molecule has 3 N–H and O–H groups in total. The Kier molecular flexibility index (Phi) is 4.20. The first-order valence-electron chi connectivity index (χ1n) is 4.48. The van der Waals surface area contributed by atoms with Gasteiger partial charge in [0, 0.05) is 30.8 Å². The predicted molar refractivity (Wildman–Crippen MR) is 59.8 cm³/mol. The number of likely N-dealkylation sites (N-methyl/N-ethyl adjacent to an activating group) is 1. The van der Waals surface area contributed by atoms with Crippen molar-refractivity contribution in [2.24, 2.45) is 5.73 Å². The van der Waals surface area contributed by atoms with Crippen LogP contribution in [-0.2, 0) is 0 Å². The Labute approximate surface area is 89.1 Å². The molecular weight excluding hydrogens is 200 g/mol. The van der Waals surface area contributed by atoms with E-state index in [9.17, 15) is 5.11 Å². The van der Waals surface area contributed by atoms with Crippen LogP contribution >= 0.6 is 11.6 Å². The van der Waals surface area contributed by atoms with Gasteiger partial charge in [-0.3, -0.25) is 0 Å². The summed E-state index contributed by atoms with van der Waals surface area (Å²) in [6.07, 6.45) is -0.490. The number of hydrogen-bond acceptors (Lipinski definition) is 3. The van der Waals surface area contributed by atoms with Gasteiger partial charge in [-0.15, -0.1) is 0 Å². The van der Waals surface area contributed by atoms with Gasteiger partial charge in [0.25, 0.3) is 0 Å². The van der Waals surface area contributed by atoms with Crippen LogP contribution in [-0.4, -0.2) is 31.3 Å². The molecule has 0 amide bonds. The Morgan fingerprint density at radius 1 is 1.43 bits per heavy atom. The van der Waals surface area contributed by atoms with Crippen LogP contribution < -0.4 is 10.6 Å². The molecule has 0 fully saturated rings. The number of nitrogens with two attached hydrogens (primary N) is 1. The van der Waals surface area contributed by atoms with Crippen LogP contribution in [0.2, 0.25) is 5.02 Å². The summed E-state index contributed by atoms with van der Waals surface area (Å²) < 4.78 is 0. The third-order valence-electron chi connectivity index (χ3n) is 2.02. The number of anilines is 1. The molecule has 0 radical (unpaired) electrons. The SMILES string of the molecule is CN(CC(O)CN)c1ccc(Cl)cc1. The zero-order valence-electron chi connectivity index (χ0n) is 8.15. The number of halogens is 1. The summed E-state index contributed by atoms with van der Waals surface area (Å²) in [6.45, 7) is 0.802. The lowest BCUT2D eigenvalue weighted by molar-refractivity contribution is 0.189. The lowest BCUT2D eigenvalue weighted by Crippen LogP contribution is -2.34. The molecule has 0 saturated carbocycles. The Balaban J connectivity index is 2.60. The molecule has 0 saturated heterocycles. The largest absolute Gasteiger partial charge is 0.390 e. The van der Waals surface area contributed by atoms with Crippen LogP contribution in [0.3, 0.4) is 0 Å². The van der Waals surface area contributed by atoms with E-state index in [4.69, 9.17) is 17.3 Å². The summed E-state index contributed by atoms with van der Waals surface area (Å²) in [5, 5.41) is 10.1. The first kappa shape index (κ1) is 11.3. The van der Waals surface area contributed by atoms with Crippen molar-refractivity contribution in [3.8, 4) is 0 Å². The predicted octanol–water partition coefficient (Wildman–Crippen LogP) is 1.10. The highest BCUT2D eigenvalue weighted by Crippen LogP contribution is 2.16. The van der Waals surface area contributed by atoms with Crippen LogP contribution in [0, 0.1) is 0 Å². The minimum Gasteiger partial charge on any atom is -0.390 e. The molecule has 0 aliphatic heterocycles. The number of rotatable bonds is 4. The van der Waals surface area contributed by atoms with Gasteiger partial charge in [-0.2, -0.15) is 0 Å². The van der Waals surface area contributed by atoms with Crippen molar-refractivity contribution in [3.05, 3.63) is 29.3 Å². The molecule has 1 atom stereocenters. The van der Waals surface area contributed by atoms with Gasteiger partial charge in [0.1, 0.15) is 0 Å². The fourth-order valence-electron chi connectivity index (χ4n) is 1.19. The second-order valence-corrected chi connectivity index (χ2v) is 3.68. The van der Waals surface area contributed by atoms with Gasteiger partial charge in [-0.05, 0) is 24.3 Å². The highest BCUT2D eigenvalue weighted by Gasteiger charge is 2.06. The van der Waals surface area contributed by atoms with E-state index < -0.39 is 6.10 Å². The van der Waals surface area contributed by atoms with Crippen molar-refractivity contribution >= 4 is 17.3 Å². The average Bonchev–Trinajstić information content (AvgIpc) is 2.18. The van der Waals surface area contributed by atoms with Crippen LogP contribution in [0.25, 0.3) is 0 Å². The molecule has 1 rings (SSSR count). The topological polar surface area (TPSA) is 49.5 Å². The summed E-state index contributed by atoms with van der Waals surface area (Å²) in [7, 11) is 1.90. The van der Waals surface area contributed by atoms with Gasteiger partial charge in [0.2, 0.25) is 0 Å². The maximum atomic E-state index is 9.35. The molecule has 0 aromatic heterocycles. The minimum absolute atomic E-state index is 0.276. The smallest absolute Gasteiger partial charge is 0.0836 e. The van der Waals surface area contributed by atoms with Crippen molar-refractivity contribution in [2.45, 2.75) is 6.10 Å². The van der Waals surface area contributed by atoms with Gasteiger partial charge < -0.3 is 15.7 Å². The van der Waals surface area contributed by atoms with E-state index in [1.54, 1.807) is 0 Å². The zero-order valence-corrected chi connectivity index (χ0v) is 8.91. The van der Waals surface area contributed by atoms with Gasteiger partial charge in [0.05, 0.1) is 6.10 Å². The van der Waals surface area contributed by atoms with Gasteiger partial charge in [-0.25, -0.2) is 0 Å². The number of aliphatic hydroxyl groups is 1. The third kappa shape index (κ3) is 3.18. The second-order valence-electron chi connectivity index (χ2n) is 3.25.